The van der Waals surface area contributed by atoms with Gasteiger partial charge in [0.2, 0.25) is 0 Å². The number of β-amino-alcohol motifs (C(OH)–C–C–N with tert-alkyl or cyclic N) is 1. The topological polar surface area (TPSA) is 43.8 Å². The Labute approximate surface area is 138 Å². The largest absolute Gasteiger partial charge is 0.390 e. The van der Waals surface area contributed by atoms with Gasteiger partial charge in [0.05, 0.1) is 17.0 Å². The molecule has 2 heterocycles. The Bertz CT molecular complexity index is 660. The Morgan fingerprint density at radius 2 is 2.09 bits per heavy atom. The lowest BCUT2D eigenvalue weighted by atomic mass is 10.1. The molecule has 6 heteroatoms. The van der Waals surface area contributed by atoms with E-state index in [9.17, 15) is 14.3 Å². The van der Waals surface area contributed by atoms with Gasteiger partial charge in [-0.15, -0.1) is 11.3 Å². The van der Waals surface area contributed by atoms with E-state index >= 15 is 0 Å². The first kappa shape index (κ1) is 16.1. The first-order chi connectivity index (χ1) is 11.0. The number of benzene rings is 1. The molecule has 2 atom stereocenters. The van der Waals surface area contributed by atoms with Crippen molar-refractivity contribution in [1.82, 2.24) is 9.80 Å². The SMILES string of the molecule is CN(Cc1ccc(F)cc1)[C@@H]1CN(C(=O)c2cccs2)C[C@H]1O. The third kappa shape index (κ3) is 3.60. The number of carbonyl (C=O) groups excluding carboxylic acids is 1. The van der Waals surface area contributed by atoms with E-state index in [1.54, 1.807) is 23.1 Å². The van der Waals surface area contributed by atoms with Crippen molar-refractivity contribution in [2.24, 2.45) is 0 Å². The molecular formula is C17H19FN2O2S. The molecule has 0 saturated carbocycles. The summed E-state index contributed by atoms with van der Waals surface area (Å²) < 4.78 is 13.0. The fourth-order valence-corrected chi connectivity index (χ4v) is 3.61. The zero-order chi connectivity index (χ0) is 16.4. The Morgan fingerprint density at radius 3 is 2.74 bits per heavy atom. The molecule has 1 aromatic carbocycles. The predicted molar refractivity (Wildman–Crippen MR) is 87.9 cm³/mol. The molecule has 0 radical (unpaired) electrons. The number of rotatable bonds is 4. The molecule has 23 heavy (non-hydrogen) atoms. The van der Waals surface area contributed by atoms with Crippen molar-refractivity contribution >= 4 is 17.2 Å². The molecule has 0 bridgehead atoms. The van der Waals surface area contributed by atoms with Crippen LogP contribution in [0.3, 0.4) is 0 Å². The van der Waals surface area contributed by atoms with Crippen LogP contribution >= 0.6 is 11.3 Å². The quantitative estimate of drug-likeness (QED) is 0.932. The van der Waals surface area contributed by atoms with Crippen LogP contribution in [0.1, 0.15) is 15.2 Å². The molecule has 122 valence electrons. The van der Waals surface area contributed by atoms with E-state index in [1.165, 1.54) is 23.5 Å². The highest BCUT2D eigenvalue weighted by atomic mass is 32.1. The van der Waals surface area contributed by atoms with Gasteiger partial charge in [-0.3, -0.25) is 9.69 Å². The molecular weight excluding hydrogens is 315 g/mol. The Balaban J connectivity index is 1.64. The number of thiophene rings is 1. The van der Waals surface area contributed by atoms with E-state index in [0.717, 1.165) is 5.56 Å². The molecule has 1 aromatic heterocycles. The number of likely N-dealkylation sites (tertiary alicyclic amines) is 1. The van der Waals surface area contributed by atoms with Crippen LogP contribution in [0.4, 0.5) is 4.39 Å². The van der Waals surface area contributed by atoms with Gasteiger partial charge in [0, 0.05) is 19.6 Å². The molecule has 1 aliphatic heterocycles. The third-order valence-electron chi connectivity index (χ3n) is 4.19. The standard InChI is InChI=1S/C17H19FN2O2S/c1-19(9-12-4-6-13(18)7-5-12)14-10-20(11-15(14)21)17(22)16-3-2-8-23-16/h2-8,14-15,21H,9-11H2,1H3/t14-,15-/m1/s1. The number of hydrogen-bond acceptors (Lipinski definition) is 4. The second kappa shape index (κ2) is 6.78. The van der Waals surface area contributed by atoms with Crippen molar-refractivity contribution in [3.05, 3.63) is 58.0 Å². The predicted octanol–water partition coefficient (Wildman–Crippen LogP) is 2.20. The summed E-state index contributed by atoms with van der Waals surface area (Å²) in [5.74, 6) is -0.290. The summed E-state index contributed by atoms with van der Waals surface area (Å²) in [5, 5.41) is 12.2. The smallest absolute Gasteiger partial charge is 0.264 e. The summed E-state index contributed by atoms with van der Waals surface area (Å²) in [7, 11) is 1.91. The van der Waals surface area contributed by atoms with Crippen molar-refractivity contribution in [1.29, 1.82) is 0 Å². The van der Waals surface area contributed by atoms with Crippen LogP contribution in [0.2, 0.25) is 0 Å². The first-order valence-electron chi connectivity index (χ1n) is 7.50. The Hall–Kier alpha value is -1.76. The minimum atomic E-state index is -0.579. The summed E-state index contributed by atoms with van der Waals surface area (Å²) in [6.07, 6.45) is -0.579. The van der Waals surface area contributed by atoms with E-state index in [4.69, 9.17) is 0 Å². The average molecular weight is 334 g/mol. The second-order valence-electron chi connectivity index (χ2n) is 5.86. The van der Waals surface area contributed by atoms with Gasteiger partial charge in [0.15, 0.2) is 0 Å². The molecule has 1 saturated heterocycles. The lowest BCUT2D eigenvalue weighted by Crippen LogP contribution is -2.40. The average Bonchev–Trinajstić information content (AvgIpc) is 3.18. The minimum absolute atomic E-state index is 0.0308. The van der Waals surface area contributed by atoms with E-state index < -0.39 is 6.10 Å². The van der Waals surface area contributed by atoms with Crippen molar-refractivity contribution in [3.63, 3.8) is 0 Å². The second-order valence-corrected chi connectivity index (χ2v) is 6.81. The molecule has 1 amide bonds. The number of aliphatic hydroxyl groups excluding tert-OH is 1. The number of halogens is 1. The van der Waals surface area contributed by atoms with E-state index in [-0.39, 0.29) is 17.8 Å². The summed E-state index contributed by atoms with van der Waals surface area (Å²) in [6.45, 7) is 1.44. The lowest BCUT2D eigenvalue weighted by Gasteiger charge is -2.26. The van der Waals surface area contributed by atoms with Crippen LogP contribution in [-0.4, -0.2) is 53.1 Å². The normalized spacial score (nSPS) is 21.1. The zero-order valence-electron chi connectivity index (χ0n) is 12.9. The van der Waals surface area contributed by atoms with Gasteiger partial charge in [-0.2, -0.15) is 0 Å². The lowest BCUT2D eigenvalue weighted by molar-refractivity contribution is 0.0767. The van der Waals surface area contributed by atoms with Gasteiger partial charge in [0.1, 0.15) is 5.82 Å². The molecule has 1 fully saturated rings. The summed E-state index contributed by atoms with van der Waals surface area (Å²) in [6, 6.07) is 9.87. The number of carbonyl (C=O) groups is 1. The highest BCUT2D eigenvalue weighted by Gasteiger charge is 2.36. The molecule has 0 spiro atoms. The maximum atomic E-state index is 13.0. The van der Waals surface area contributed by atoms with Crippen molar-refractivity contribution in [2.45, 2.75) is 18.7 Å². The maximum absolute atomic E-state index is 13.0. The van der Waals surface area contributed by atoms with Crippen LogP contribution in [0, 0.1) is 5.82 Å². The van der Waals surface area contributed by atoms with Gasteiger partial charge >= 0.3 is 0 Å². The van der Waals surface area contributed by atoms with E-state index in [0.29, 0.717) is 24.5 Å². The zero-order valence-corrected chi connectivity index (χ0v) is 13.7. The number of nitrogens with zero attached hydrogens (tertiary/aromatic N) is 2. The minimum Gasteiger partial charge on any atom is -0.390 e. The van der Waals surface area contributed by atoms with Crippen LogP contribution in [0.25, 0.3) is 0 Å². The Kier molecular flexibility index (Phi) is 4.75. The van der Waals surface area contributed by atoms with Crippen LogP contribution < -0.4 is 0 Å². The molecule has 1 aliphatic rings. The third-order valence-corrected chi connectivity index (χ3v) is 5.05. The van der Waals surface area contributed by atoms with Gasteiger partial charge in [-0.25, -0.2) is 4.39 Å². The maximum Gasteiger partial charge on any atom is 0.264 e. The van der Waals surface area contributed by atoms with Gasteiger partial charge < -0.3 is 10.0 Å². The van der Waals surface area contributed by atoms with Crippen LogP contribution in [0.5, 0.6) is 0 Å². The molecule has 2 aromatic rings. The molecule has 1 N–H and O–H groups in total. The van der Waals surface area contributed by atoms with Crippen LogP contribution in [-0.2, 0) is 6.54 Å². The summed E-state index contributed by atoms with van der Waals surface area (Å²) >= 11 is 1.41. The highest BCUT2D eigenvalue weighted by molar-refractivity contribution is 7.12. The summed E-state index contributed by atoms with van der Waals surface area (Å²) in [4.78, 5) is 16.8. The van der Waals surface area contributed by atoms with Gasteiger partial charge in [0.25, 0.3) is 5.91 Å². The van der Waals surface area contributed by atoms with Crippen molar-refractivity contribution in [3.8, 4) is 0 Å². The molecule has 0 aliphatic carbocycles. The first-order valence-corrected chi connectivity index (χ1v) is 8.38. The van der Waals surface area contributed by atoms with E-state index in [1.807, 2.05) is 23.4 Å². The Morgan fingerprint density at radius 1 is 1.35 bits per heavy atom. The molecule has 0 unspecified atom stereocenters. The van der Waals surface area contributed by atoms with Crippen molar-refractivity contribution < 1.29 is 14.3 Å². The highest BCUT2D eigenvalue weighted by Crippen LogP contribution is 2.21. The van der Waals surface area contributed by atoms with E-state index in [2.05, 4.69) is 0 Å². The fraction of sp³-hybridized carbons (Fsp3) is 0.353. The van der Waals surface area contributed by atoms with Crippen LogP contribution in [0.15, 0.2) is 41.8 Å². The van der Waals surface area contributed by atoms with Crippen molar-refractivity contribution in [2.75, 3.05) is 20.1 Å². The summed E-state index contributed by atoms with van der Waals surface area (Å²) in [5.41, 5.74) is 0.976. The molecule has 4 nitrogen and oxygen atoms in total. The number of hydrogen-bond donors (Lipinski definition) is 1. The van der Waals surface area contributed by atoms with Gasteiger partial charge in [-0.1, -0.05) is 18.2 Å². The molecule has 3 rings (SSSR count). The monoisotopic (exact) mass is 334 g/mol. The van der Waals surface area contributed by atoms with Gasteiger partial charge in [-0.05, 0) is 36.2 Å². The number of aliphatic hydroxyl groups is 1. The number of amides is 1. The number of likely N-dealkylation sites (N-methyl/N-ethyl adjacent to an activating group) is 1. The fourth-order valence-electron chi connectivity index (χ4n) is 2.92.